The number of carbonyl (C=O) groups excluding carboxylic acids is 4. The Morgan fingerprint density at radius 1 is 1.03 bits per heavy atom. The molecule has 11 heteroatoms. The van der Waals surface area contributed by atoms with Crippen molar-refractivity contribution >= 4 is 29.6 Å². The first kappa shape index (κ1) is 24.2. The van der Waals surface area contributed by atoms with Crippen LogP contribution in [0.5, 0.6) is 5.75 Å². The summed E-state index contributed by atoms with van der Waals surface area (Å²) in [6.45, 7) is 0.814. The van der Waals surface area contributed by atoms with E-state index in [9.17, 15) is 23.6 Å². The molecule has 1 aliphatic rings. The molecule has 1 heterocycles. The molecule has 0 saturated carbocycles. The van der Waals surface area contributed by atoms with Crippen LogP contribution in [0.1, 0.15) is 17.3 Å². The monoisotopic (exact) mass is 471 g/mol. The second-order valence-corrected chi connectivity index (χ2v) is 6.87. The van der Waals surface area contributed by atoms with Crippen LogP contribution >= 0.6 is 0 Å². The summed E-state index contributed by atoms with van der Waals surface area (Å²) in [4.78, 5) is 48.5. The van der Waals surface area contributed by atoms with Crippen LogP contribution in [0.25, 0.3) is 0 Å². The van der Waals surface area contributed by atoms with Crippen LogP contribution < -0.4 is 20.7 Å². The maximum Gasteiger partial charge on any atom is 0.342 e. The molecule has 1 aliphatic heterocycles. The Labute approximate surface area is 194 Å². The first-order valence-electron chi connectivity index (χ1n) is 10.3. The Bertz CT molecular complexity index is 1130. The average molecular weight is 471 g/mol. The average Bonchev–Trinajstić information content (AvgIpc) is 2.83. The number of hydrogen-bond acceptors (Lipinski definition) is 7. The van der Waals surface area contributed by atoms with Crippen LogP contribution in [0.15, 0.2) is 59.8 Å². The van der Waals surface area contributed by atoms with Gasteiger partial charge in [-0.3, -0.25) is 4.79 Å². The van der Waals surface area contributed by atoms with Gasteiger partial charge >= 0.3 is 18.0 Å². The van der Waals surface area contributed by atoms with Crippen molar-refractivity contribution in [2.75, 3.05) is 31.7 Å². The zero-order chi connectivity index (χ0) is 24.5. The second-order valence-electron chi connectivity index (χ2n) is 6.87. The Morgan fingerprint density at radius 2 is 1.76 bits per heavy atom. The lowest BCUT2D eigenvalue weighted by Crippen LogP contribution is -2.45. The predicted octanol–water partition coefficient (Wildman–Crippen LogP) is 2.13. The molecule has 0 saturated heterocycles. The highest BCUT2D eigenvalue weighted by Crippen LogP contribution is 2.20. The van der Waals surface area contributed by atoms with Crippen molar-refractivity contribution < 1.29 is 37.8 Å². The van der Waals surface area contributed by atoms with E-state index in [4.69, 9.17) is 14.2 Å². The molecule has 178 valence electrons. The Balaban J connectivity index is 1.64. The van der Waals surface area contributed by atoms with E-state index in [1.54, 1.807) is 25.1 Å². The van der Waals surface area contributed by atoms with Crippen molar-refractivity contribution in [3.8, 4) is 5.75 Å². The lowest BCUT2D eigenvalue weighted by atomic mass is 10.1. The molecule has 34 heavy (non-hydrogen) atoms. The topological polar surface area (TPSA) is 132 Å². The molecule has 0 radical (unpaired) electrons. The van der Waals surface area contributed by atoms with E-state index in [2.05, 4.69) is 16.0 Å². The highest BCUT2D eigenvalue weighted by molar-refractivity contribution is 5.95. The SMILES string of the molecule is CCOC(=O)C1=C(COC(=O)c2ccccc2OCC(=O)Nc2ccccc2F)NC(=O)NC1. The number of benzene rings is 2. The van der Waals surface area contributed by atoms with Gasteiger partial charge in [-0.05, 0) is 31.2 Å². The lowest BCUT2D eigenvalue weighted by molar-refractivity contribution is -0.138. The predicted molar refractivity (Wildman–Crippen MR) is 117 cm³/mol. The number of para-hydroxylation sites is 2. The lowest BCUT2D eigenvalue weighted by Gasteiger charge is -2.21. The first-order chi connectivity index (χ1) is 16.4. The summed E-state index contributed by atoms with van der Waals surface area (Å²) >= 11 is 0. The van der Waals surface area contributed by atoms with Crippen LogP contribution in [0.4, 0.5) is 14.9 Å². The van der Waals surface area contributed by atoms with Crippen LogP contribution in [0.2, 0.25) is 0 Å². The van der Waals surface area contributed by atoms with Gasteiger partial charge in [0.05, 0.1) is 30.1 Å². The van der Waals surface area contributed by atoms with Crippen molar-refractivity contribution in [3.63, 3.8) is 0 Å². The second kappa shape index (κ2) is 11.5. The van der Waals surface area contributed by atoms with E-state index in [0.717, 1.165) is 0 Å². The molecule has 0 aromatic heterocycles. The number of halogens is 1. The molecule has 0 spiro atoms. The quantitative estimate of drug-likeness (QED) is 0.478. The molecule has 3 amide bonds. The van der Waals surface area contributed by atoms with E-state index < -0.39 is 42.9 Å². The standard InChI is InChI=1S/C23H22FN3O7/c1-2-32-22(30)15-11-25-23(31)27-18(15)12-34-21(29)14-7-3-6-10-19(14)33-13-20(28)26-17-9-5-4-8-16(17)24/h3-10H,2,11-13H2,1H3,(H,26,28)(H2,25,27,31). The number of ether oxygens (including phenoxy) is 3. The van der Waals surface area contributed by atoms with Gasteiger partial charge in [-0.1, -0.05) is 24.3 Å². The van der Waals surface area contributed by atoms with Gasteiger partial charge in [-0.15, -0.1) is 0 Å². The molecule has 0 bridgehead atoms. The largest absolute Gasteiger partial charge is 0.483 e. The third-order valence-corrected chi connectivity index (χ3v) is 4.54. The first-order valence-corrected chi connectivity index (χ1v) is 10.3. The number of rotatable bonds is 9. The minimum absolute atomic E-state index is 0.00140. The number of amides is 3. The highest BCUT2D eigenvalue weighted by Gasteiger charge is 2.25. The molecule has 3 rings (SSSR count). The third-order valence-electron chi connectivity index (χ3n) is 4.54. The molecule has 3 N–H and O–H groups in total. The Morgan fingerprint density at radius 3 is 2.53 bits per heavy atom. The summed E-state index contributed by atoms with van der Waals surface area (Å²) in [5, 5.41) is 7.26. The normalized spacial score (nSPS) is 12.8. The molecule has 0 atom stereocenters. The fourth-order valence-electron chi connectivity index (χ4n) is 2.94. The minimum Gasteiger partial charge on any atom is -0.483 e. The van der Waals surface area contributed by atoms with Crippen LogP contribution in [0, 0.1) is 5.82 Å². The fourth-order valence-corrected chi connectivity index (χ4v) is 2.94. The minimum atomic E-state index is -0.811. The zero-order valence-corrected chi connectivity index (χ0v) is 18.2. The molecule has 2 aromatic carbocycles. The molecular weight excluding hydrogens is 449 g/mol. The van der Waals surface area contributed by atoms with Crippen LogP contribution in [-0.2, 0) is 19.1 Å². The van der Waals surface area contributed by atoms with Gasteiger partial charge < -0.3 is 30.2 Å². The number of esters is 2. The van der Waals surface area contributed by atoms with Gasteiger partial charge in [-0.2, -0.15) is 0 Å². The Kier molecular flexibility index (Phi) is 8.16. The van der Waals surface area contributed by atoms with Gasteiger partial charge in [0.25, 0.3) is 5.91 Å². The molecule has 0 aliphatic carbocycles. The molecule has 10 nitrogen and oxygen atoms in total. The summed E-state index contributed by atoms with van der Waals surface area (Å²) in [7, 11) is 0. The number of anilines is 1. The maximum absolute atomic E-state index is 13.7. The third kappa shape index (κ3) is 6.31. The van der Waals surface area contributed by atoms with Crippen LogP contribution in [0.3, 0.4) is 0 Å². The van der Waals surface area contributed by atoms with E-state index in [1.807, 2.05) is 0 Å². The maximum atomic E-state index is 13.7. The van der Waals surface area contributed by atoms with E-state index in [1.165, 1.54) is 30.3 Å². The summed E-state index contributed by atoms with van der Waals surface area (Å²) < 4.78 is 29.3. The molecule has 2 aromatic rings. The zero-order valence-electron chi connectivity index (χ0n) is 18.2. The van der Waals surface area contributed by atoms with Crippen molar-refractivity contribution in [3.05, 3.63) is 71.2 Å². The highest BCUT2D eigenvalue weighted by atomic mass is 19.1. The van der Waals surface area contributed by atoms with Gasteiger partial charge in [0, 0.05) is 0 Å². The summed E-state index contributed by atoms with van der Waals surface area (Å²) in [6.07, 6.45) is 0. The van der Waals surface area contributed by atoms with Gasteiger partial charge in [0.15, 0.2) is 6.61 Å². The van der Waals surface area contributed by atoms with Crippen molar-refractivity contribution in [1.82, 2.24) is 10.6 Å². The number of hydrogen-bond donors (Lipinski definition) is 3. The van der Waals surface area contributed by atoms with E-state index in [-0.39, 0.29) is 41.4 Å². The van der Waals surface area contributed by atoms with Gasteiger partial charge in [-0.25, -0.2) is 18.8 Å². The van der Waals surface area contributed by atoms with Crippen molar-refractivity contribution in [2.45, 2.75) is 6.92 Å². The van der Waals surface area contributed by atoms with Crippen LogP contribution in [-0.4, -0.2) is 50.2 Å². The molecular formula is C23H22FN3O7. The van der Waals surface area contributed by atoms with E-state index >= 15 is 0 Å². The molecule has 0 fully saturated rings. The number of carbonyl (C=O) groups is 4. The summed E-state index contributed by atoms with van der Waals surface area (Å²) in [5.74, 6) is -2.62. The van der Waals surface area contributed by atoms with E-state index in [0.29, 0.717) is 0 Å². The van der Waals surface area contributed by atoms with Crippen molar-refractivity contribution in [1.29, 1.82) is 0 Å². The molecule has 0 unspecified atom stereocenters. The van der Waals surface area contributed by atoms with Gasteiger partial charge in [0.2, 0.25) is 0 Å². The number of nitrogens with one attached hydrogen (secondary N) is 3. The Hall–Kier alpha value is -4.41. The van der Waals surface area contributed by atoms with Gasteiger partial charge in [0.1, 0.15) is 23.7 Å². The number of urea groups is 1. The van der Waals surface area contributed by atoms with Crippen molar-refractivity contribution in [2.24, 2.45) is 0 Å². The smallest absolute Gasteiger partial charge is 0.342 e. The summed E-state index contributed by atoms with van der Waals surface area (Å²) in [6, 6.07) is 11.2. The summed E-state index contributed by atoms with van der Waals surface area (Å²) in [5.41, 5.74) is 0.236. The fraction of sp³-hybridized carbons (Fsp3) is 0.217.